The molecule has 0 saturated carbocycles. The number of nitrogens with one attached hydrogen (secondary N) is 1. The van der Waals surface area contributed by atoms with Crippen molar-refractivity contribution < 1.29 is 4.92 Å². The second-order valence-electron chi connectivity index (χ2n) is 5.69. The van der Waals surface area contributed by atoms with Crippen molar-refractivity contribution in [2.45, 2.75) is 25.3 Å². The fourth-order valence-corrected chi connectivity index (χ4v) is 2.79. The van der Waals surface area contributed by atoms with Crippen LogP contribution in [0.15, 0.2) is 24.4 Å². The molecule has 116 valence electrons. The molecule has 1 N–H and O–H groups in total. The van der Waals surface area contributed by atoms with Gasteiger partial charge in [0.1, 0.15) is 5.82 Å². The number of fused-ring (bicyclic) bond motifs is 1. The summed E-state index contributed by atoms with van der Waals surface area (Å²) in [4.78, 5) is 21.3. The molecule has 1 saturated heterocycles. The average Bonchev–Trinajstić information content (AvgIpc) is 2.54. The lowest BCUT2D eigenvalue weighted by molar-refractivity contribution is -0.384. The fourth-order valence-electron chi connectivity index (χ4n) is 2.79. The van der Waals surface area contributed by atoms with E-state index in [9.17, 15) is 10.1 Å². The van der Waals surface area contributed by atoms with Crippen LogP contribution in [0.4, 0.5) is 11.5 Å². The largest absolute Gasteiger partial charge is 0.357 e. The minimum Gasteiger partial charge on any atom is -0.357 e. The molecule has 0 amide bonds. The molecule has 1 aliphatic heterocycles. The molecule has 2 aromatic rings. The van der Waals surface area contributed by atoms with Gasteiger partial charge in [-0.15, -0.1) is 0 Å². The zero-order chi connectivity index (χ0) is 15.5. The lowest BCUT2D eigenvalue weighted by Crippen LogP contribution is -2.42. The lowest BCUT2D eigenvalue weighted by Gasteiger charge is -2.28. The summed E-state index contributed by atoms with van der Waals surface area (Å²) in [6.45, 7) is 1.96. The third kappa shape index (κ3) is 3.14. The Labute approximate surface area is 128 Å². The Kier molecular flexibility index (Phi) is 4.15. The molecule has 22 heavy (non-hydrogen) atoms. The van der Waals surface area contributed by atoms with Crippen LogP contribution in [0.25, 0.3) is 11.0 Å². The van der Waals surface area contributed by atoms with E-state index in [-0.39, 0.29) is 5.69 Å². The molecular formula is C15H19N5O2. The second kappa shape index (κ2) is 6.23. The SMILES string of the molecule is CN(C[C@@H]1CCCCN1)c1cnc2cc([N+](=O)[O-])ccc2n1. The molecule has 1 aromatic heterocycles. The summed E-state index contributed by atoms with van der Waals surface area (Å²) in [5, 5.41) is 14.3. The summed E-state index contributed by atoms with van der Waals surface area (Å²) < 4.78 is 0. The van der Waals surface area contributed by atoms with Gasteiger partial charge >= 0.3 is 0 Å². The molecular weight excluding hydrogens is 282 g/mol. The van der Waals surface area contributed by atoms with Crippen molar-refractivity contribution in [1.82, 2.24) is 15.3 Å². The Morgan fingerprint density at radius 3 is 3.00 bits per heavy atom. The van der Waals surface area contributed by atoms with Gasteiger partial charge in [0.2, 0.25) is 0 Å². The smallest absolute Gasteiger partial charge is 0.271 e. The van der Waals surface area contributed by atoms with E-state index in [1.165, 1.54) is 31.4 Å². The van der Waals surface area contributed by atoms with E-state index in [0.29, 0.717) is 17.1 Å². The minimum absolute atomic E-state index is 0.0364. The van der Waals surface area contributed by atoms with Crippen LogP contribution in [-0.4, -0.2) is 41.1 Å². The van der Waals surface area contributed by atoms with Crippen molar-refractivity contribution in [3.05, 3.63) is 34.5 Å². The first-order chi connectivity index (χ1) is 10.6. The number of hydrogen-bond donors (Lipinski definition) is 1. The summed E-state index contributed by atoms with van der Waals surface area (Å²) in [6, 6.07) is 5.04. The predicted molar refractivity (Wildman–Crippen MR) is 85.1 cm³/mol. The summed E-state index contributed by atoms with van der Waals surface area (Å²) in [5.74, 6) is 0.786. The third-order valence-electron chi connectivity index (χ3n) is 4.02. The molecule has 0 radical (unpaired) electrons. The highest BCUT2D eigenvalue weighted by atomic mass is 16.6. The van der Waals surface area contributed by atoms with Crippen LogP contribution in [0.2, 0.25) is 0 Å². The van der Waals surface area contributed by atoms with Crippen LogP contribution in [0.5, 0.6) is 0 Å². The maximum Gasteiger partial charge on any atom is 0.271 e. The number of aromatic nitrogens is 2. The van der Waals surface area contributed by atoms with Gasteiger partial charge in [0.05, 0.1) is 22.2 Å². The van der Waals surface area contributed by atoms with E-state index < -0.39 is 4.92 Å². The van der Waals surface area contributed by atoms with E-state index in [2.05, 4.69) is 20.2 Å². The molecule has 0 aliphatic carbocycles. The summed E-state index contributed by atoms with van der Waals surface area (Å²) in [6.07, 6.45) is 5.36. The maximum atomic E-state index is 10.8. The number of likely N-dealkylation sites (N-methyl/N-ethyl adjacent to an activating group) is 1. The number of rotatable bonds is 4. The van der Waals surface area contributed by atoms with Gasteiger partial charge in [-0.1, -0.05) is 6.42 Å². The van der Waals surface area contributed by atoms with Crippen LogP contribution in [-0.2, 0) is 0 Å². The topological polar surface area (TPSA) is 84.2 Å². The van der Waals surface area contributed by atoms with Crippen LogP contribution in [0.3, 0.4) is 0 Å². The van der Waals surface area contributed by atoms with Gasteiger partial charge in [-0.3, -0.25) is 15.1 Å². The number of nitro groups is 1. The summed E-state index contributed by atoms with van der Waals surface area (Å²) in [7, 11) is 2.00. The number of non-ortho nitro benzene ring substituents is 1. The number of hydrogen-bond acceptors (Lipinski definition) is 6. The van der Waals surface area contributed by atoms with Crippen LogP contribution < -0.4 is 10.2 Å². The van der Waals surface area contributed by atoms with Crippen LogP contribution >= 0.6 is 0 Å². The van der Waals surface area contributed by atoms with E-state index in [1.807, 2.05) is 7.05 Å². The molecule has 7 nitrogen and oxygen atoms in total. The summed E-state index contributed by atoms with van der Waals surface area (Å²) in [5.41, 5.74) is 1.25. The predicted octanol–water partition coefficient (Wildman–Crippen LogP) is 2.12. The van der Waals surface area contributed by atoms with Gasteiger partial charge < -0.3 is 10.2 Å². The first-order valence-corrected chi connectivity index (χ1v) is 7.49. The van der Waals surface area contributed by atoms with Gasteiger partial charge in [0.15, 0.2) is 0 Å². The van der Waals surface area contributed by atoms with Gasteiger partial charge in [-0.05, 0) is 25.5 Å². The van der Waals surface area contributed by atoms with Crippen molar-refractivity contribution in [3.8, 4) is 0 Å². The zero-order valence-electron chi connectivity index (χ0n) is 12.5. The quantitative estimate of drug-likeness (QED) is 0.688. The first-order valence-electron chi connectivity index (χ1n) is 7.49. The van der Waals surface area contributed by atoms with Crippen LogP contribution in [0, 0.1) is 10.1 Å². The standard InChI is InChI=1S/C15H19N5O2/c1-19(10-11-4-2-3-7-16-11)15-9-17-14-8-12(20(21)22)5-6-13(14)18-15/h5-6,8-9,11,16H,2-4,7,10H2,1H3/t11-/m0/s1. The molecule has 7 heteroatoms. The highest BCUT2D eigenvalue weighted by molar-refractivity contribution is 5.78. The highest BCUT2D eigenvalue weighted by Gasteiger charge is 2.16. The Morgan fingerprint density at radius 2 is 2.27 bits per heavy atom. The number of anilines is 1. The third-order valence-corrected chi connectivity index (χ3v) is 4.02. The Morgan fingerprint density at radius 1 is 1.41 bits per heavy atom. The van der Waals surface area contributed by atoms with Gasteiger partial charge in [0, 0.05) is 31.8 Å². The molecule has 2 heterocycles. The summed E-state index contributed by atoms with van der Waals surface area (Å²) >= 11 is 0. The number of nitrogens with zero attached hydrogens (tertiary/aromatic N) is 4. The first kappa shape index (κ1) is 14.6. The maximum absolute atomic E-state index is 10.8. The van der Waals surface area contributed by atoms with Crippen molar-refractivity contribution in [3.63, 3.8) is 0 Å². The number of piperidine rings is 1. The molecule has 1 aliphatic rings. The second-order valence-corrected chi connectivity index (χ2v) is 5.69. The Bertz CT molecular complexity index is 685. The van der Waals surface area contributed by atoms with E-state index in [0.717, 1.165) is 18.9 Å². The van der Waals surface area contributed by atoms with Crippen molar-refractivity contribution in [2.24, 2.45) is 0 Å². The molecule has 0 unspecified atom stereocenters. The van der Waals surface area contributed by atoms with Crippen LogP contribution in [0.1, 0.15) is 19.3 Å². The van der Waals surface area contributed by atoms with E-state index in [4.69, 9.17) is 0 Å². The molecule has 1 aromatic carbocycles. The van der Waals surface area contributed by atoms with Crippen molar-refractivity contribution in [2.75, 3.05) is 25.0 Å². The molecule has 3 rings (SSSR count). The lowest BCUT2D eigenvalue weighted by atomic mass is 10.0. The molecule has 1 fully saturated rings. The monoisotopic (exact) mass is 301 g/mol. The Hall–Kier alpha value is -2.28. The van der Waals surface area contributed by atoms with E-state index >= 15 is 0 Å². The zero-order valence-corrected chi connectivity index (χ0v) is 12.5. The molecule has 0 spiro atoms. The van der Waals surface area contributed by atoms with Crippen molar-refractivity contribution >= 4 is 22.5 Å². The Balaban J connectivity index is 1.78. The van der Waals surface area contributed by atoms with Gasteiger partial charge in [-0.25, -0.2) is 4.98 Å². The van der Waals surface area contributed by atoms with E-state index in [1.54, 1.807) is 12.3 Å². The number of benzene rings is 1. The molecule has 1 atom stereocenters. The molecule has 0 bridgehead atoms. The fraction of sp³-hybridized carbons (Fsp3) is 0.467. The van der Waals surface area contributed by atoms with Gasteiger partial charge in [0.25, 0.3) is 5.69 Å². The highest BCUT2D eigenvalue weighted by Crippen LogP contribution is 2.20. The number of nitro benzene ring substituents is 1. The minimum atomic E-state index is -0.421. The van der Waals surface area contributed by atoms with Gasteiger partial charge in [-0.2, -0.15) is 0 Å². The van der Waals surface area contributed by atoms with Crippen molar-refractivity contribution in [1.29, 1.82) is 0 Å². The normalized spacial score (nSPS) is 18.3. The average molecular weight is 301 g/mol.